The van der Waals surface area contributed by atoms with Crippen molar-refractivity contribution in [1.29, 1.82) is 0 Å². The SMILES string of the molecule is CCCCCCCCCCCCCCCCCC(O)NCCCCCCCCCCCC. The molecule has 0 saturated carbocycles. The number of unbranched alkanes of at least 4 members (excludes halogenated alkanes) is 23. The monoisotopic (exact) mass is 453 g/mol. The zero-order valence-corrected chi connectivity index (χ0v) is 22.6. The fraction of sp³-hybridized carbons (Fsp3) is 1.00. The molecule has 0 aliphatic rings. The van der Waals surface area contributed by atoms with Crippen LogP contribution >= 0.6 is 0 Å². The third kappa shape index (κ3) is 28.0. The normalized spacial score (nSPS) is 12.5. The van der Waals surface area contributed by atoms with Gasteiger partial charge in [0.15, 0.2) is 0 Å². The van der Waals surface area contributed by atoms with E-state index in [9.17, 15) is 5.11 Å². The summed E-state index contributed by atoms with van der Waals surface area (Å²) in [5.41, 5.74) is 0. The Kier molecular flexibility index (Phi) is 28.9. The highest BCUT2D eigenvalue weighted by Crippen LogP contribution is 2.14. The average molecular weight is 454 g/mol. The Morgan fingerprint density at radius 2 is 0.688 bits per heavy atom. The molecule has 0 aromatic rings. The van der Waals surface area contributed by atoms with E-state index in [1.807, 2.05) is 0 Å². The Hall–Kier alpha value is -0.0800. The maximum atomic E-state index is 10.1. The van der Waals surface area contributed by atoms with E-state index in [2.05, 4.69) is 19.2 Å². The molecule has 0 aliphatic carbocycles. The smallest absolute Gasteiger partial charge is 0.104 e. The van der Waals surface area contributed by atoms with Crippen LogP contribution in [0.1, 0.15) is 181 Å². The largest absolute Gasteiger partial charge is 0.379 e. The van der Waals surface area contributed by atoms with E-state index in [0.717, 1.165) is 13.0 Å². The molecule has 2 N–H and O–H groups in total. The Morgan fingerprint density at radius 3 is 1.03 bits per heavy atom. The summed E-state index contributed by atoms with van der Waals surface area (Å²) < 4.78 is 0. The zero-order chi connectivity index (χ0) is 23.4. The Bertz CT molecular complexity index is 320. The summed E-state index contributed by atoms with van der Waals surface area (Å²) in [5, 5.41) is 13.4. The molecule has 0 saturated heterocycles. The fourth-order valence-corrected chi connectivity index (χ4v) is 4.69. The summed E-state index contributed by atoms with van der Waals surface area (Å²) >= 11 is 0. The maximum absolute atomic E-state index is 10.1. The predicted octanol–water partition coefficient (Wildman–Crippen LogP) is 10.1. The lowest BCUT2D eigenvalue weighted by Crippen LogP contribution is -2.29. The van der Waals surface area contributed by atoms with Crippen molar-refractivity contribution >= 4 is 0 Å². The summed E-state index contributed by atoms with van der Waals surface area (Å²) in [7, 11) is 0. The van der Waals surface area contributed by atoms with Crippen molar-refractivity contribution < 1.29 is 5.11 Å². The van der Waals surface area contributed by atoms with Crippen LogP contribution in [0.5, 0.6) is 0 Å². The highest BCUT2D eigenvalue weighted by Gasteiger charge is 2.02. The molecule has 0 amide bonds. The summed E-state index contributed by atoms with van der Waals surface area (Å²) in [6, 6.07) is 0. The standard InChI is InChI=1S/C30H63NO/c1-3-5-7-9-11-13-15-16-17-18-19-20-22-24-26-28-30(32)31-29-27-25-23-21-14-12-10-8-6-4-2/h30-32H,3-29H2,1-2H3. The first-order valence-electron chi connectivity index (χ1n) is 15.2. The Balaban J connectivity index is 3.12. The quantitative estimate of drug-likeness (QED) is 0.0912. The van der Waals surface area contributed by atoms with E-state index < -0.39 is 0 Å². The molecule has 0 heterocycles. The van der Waals surface area contributed by atoms with Gasteiger partial charge in [0.05, 0.1) is 0 Å². The minimum Gasteiger partial charge on any atom is -0.379 e. The topological polar surface area (TPSA) is 32.3 Å². The third-order valence-electron chi connectivity index (χ3n) is 6.99. The lowest BCUT2D eigenvalue weighted by Gasteiger charge is -2.12. The summed E-state index contributed by atoms with van der Waals surface area (Å²) in [6.45, 7) is 5.56. The van der Waals surface area contributed by atoms with Gasteiger partial charge in [0, 0.05) is 0 Å². The van der Waals surface area contributed by atoms with Gasteiger partial charge >= 0.3 is 0 Å². The fourth-order valence-electron chi connectivity index (χ4n) is 4.69. The zero-order valence-electron chi connectivity index (χ0n) is 22.6. The van der Waals surface area contributed by atoms with Crippen molar-refractivity contribution in [2.75, 3.05) is 6.54 Å². The molecule has 0 spiro atoms. The second-order valence-electron chi connectivity index (χ2n) is 10.4. The molecule has 194 valence electrons. The summed E-state index contributed by atoms with van der Waals surface area (Å²) in [5.74, 6) is 0. The first-order chi connectivity index (χ1) is 15.8. The van der Waals surface area contributed by atoms with Crippen LogP contribution in [0.3, 0.4) is 0 Å². The van der Waals surface area contributed by atoms with Crippen LogP contribution < -0.4 is 5.32 Å². The first kappa shape index (κ1) is 31.9. The van der Waals surface area contributed by atoms with Crippen LogP contribution in [0, 0.1) is 0 Å². The van der Waals surface area contributed by atoms with Gasteiger partial charge in [-0.2, -0.15) is 0 Å². The lowest BCUT2D eigenvalue weighted by molar-refractivity contribution is 0.124. The van der Waals surface area contributed by atoms with E-state index >= 15 is 0 Å². The van der Waals surface area contributed by atoms with Crippen LogP contribution in [0.15, 0.2) is 0 Å². The van der Waals surface area contributed by atoms with Gasteiger partial charge < -0.3 is 5.11 Å². The van der Waals surface area contributed by atoms with Gasteiger partial charge in [0.2, 0.25) is 0 Å². The Labute approximate surface area is 204 Å². The minimum atomic E-state index is -0.282. The predicted molar refractivity (Wildman–Crippen MR) is 145 cm³/mol. The molecule has 0 aliphatic heterocycles. The van der Waals surface area contributed by atoms with Gasteiger partial charge in [-0.05, 0) is 25.8 Å². The molecule has 0 aromatic heterocycles. The highest BCUT2D eigenvalue weighted by molar-refractivity contribution is 4.56. The number of nitrogens with one attached hydrogen (secondary N) is 1. The first-order valence-corrected chi connectivity index (χ1v) is 15.2. The third-order valence-corrected chi connectivity index (χ3v) is 6.99. The van der Waals surface area contributed by atoms with Crippen LogP contribution in [0.2, 0.25) is 0 Å². The van der Waals surface area contributed by atoms with E-state index in [4.69, 9.17) is 0 Å². The molecule has 0 radical (unpaired) electrons. The molecular formula is C30H63NO. The van der Waals surface area contributed by atoms with Crippen LogP contribution in [0.4, 0.5) is 0 Å². The van der Waals surface area contributed by atoms with Crippen molar-refractivity contribution in [2.45, 2.75) is 187 Å². The van der Waals surface area contributed by atoms with Crippen molar-refractivity contribution in [1.82, 2.24) is 5.32 Å². The lowest BCUT2D eigenvalue weighted by atomic mass is 10.0. The number of hydrogen-bond acceptors (Lipinski definition) is 2. The molecule has 0 bridgehead atoms. The molecule has 32 heavy (non-hydrogen) atoms. The molecule has 0 rings (SSSR count). The number of rotatable bonds is 28. The highest BCUT2D eigenvalue weighted by atomic mass is 16.3. The molecule has 2 heteroatoms. The Morgan fingerprint density at radius 1 is 0.406 bits per heavy atom. The van der Waals surface area contributed by atoms with Gasteiger partial charge in [0.25, 0.3) is 0 Å². The summed E-state index contributed by atoms with van der Waals surface area (Å²) in [6.07, 6.45) is 35.4. The average Bonchev–Trinajstić information content (AvgIpc) is 2.80. The van der Waals surface area contributed by atoms with E-state index in [0.29, 0.717) is 0 Å². The molecule has 1 atom stereocenters. The van der Waals surface area contributed by atoms with Crippen LogP contribution in [-0.2, 0) is 0 Å². The van der Waals surface area contributed by atoms with Crippen LogP contribution in [-0.4, -0.2) is 17.9 Å². The second kappa shape index (κ2) is 29.0. The molecule has 2 nitrogen and oxygen atoms in total. The molecule has 0 fully saturated rings. The van der Waals surface area contributed by atoms with Gasteiger partial charge in [-0.3, -0.25) is 5.32 Å². The van der Waals surface area contributed by atoms with Crippen molar-refractivity contribution in [3.8, 4) is 0 Å². The minimum absolute atomic E-state index is 0.282. The van der Waals surface area contributed by atoms with Gasteiger partial charge in [0.1, 0.15) is 6.23 Å². The molecule has 1 unspecified atom stereocenters. The van der Waals surface area contributed by atoms with Crippen molar-refractivity contribution in [2.24, 2.45) is 0 Å². The van der Waals surface area contributed by atoms with Gasteiger partial charge in [-0.25, -0.2) is 0 Å². The van der Waals surface area contributed by atoms with Gasteiger partial charge in [-0.1, -0.05) is 162 Å². The van der Waals surface area contributed by atoms with Crippen molar-refractivity contribution in [3.63, 3.8) is 0 Å². The molecule has 0 aromatic carbocycles. The number of aliphatic hydroxyl groups is 1. The van der Waals surface area contributed by atoms with Crippen LogP contribution in [0.25, 0.3) is 0 Å². The number of aliphatic hydroxyl groups excluding tert-OH is 1. The van der Waals surface area contributed by atoms with Crippen molar-refractivity contribution in [3.05, 3.63) is 0 Å². The van der Waals surface area contributed by atoms with E-state index in [1.165, 1.54) is 161 Å². The second-order valence-corrected chi connectivity index (χ2v) is 10.4. The summed E-state index contributed by atoms with van der Waals surface area (Å²) in [4.78, 5) is 0. The number of hydrogen-bond donors (Lipinski definition) is 2. The molecular weight excluding hydrogens is 390 g/mol. The van der Waals surface area contributed by atoms with E-state index in [1.54, 1.807) is 0 Å². The maximum Gasteiger partial charge on any atom is 0.104 e. The van der Waals surface area contributed by atoms with Gasteiger partial charge in [-0.15, -0.1) is 0 Å². The van der Waals surface area contributed by atoms with E-state index in [-0.39, 0.29) is 6.23 Å².